The van der Waals surface area contributed by atoms with Gasteiger partial charge in [-0.3, -0.25) is 0 Å². The van der Waals surface area contributed by atoms with Crippen molar-refractivity contribution in [3.8, 4) is 5.75 Å². The Labute approximate surface area is 129 Å². The fraction of sp³-hybridized carbons (Fsp3) is 0.167. The van der Waals surface area contributed by atoms with E-state index in [1.165, 1.54) is 36.4 Å². The highest BCUT2D eigenvalue weighted by atomic mass is 35.5. The van der Waals surface area contributed by atoms with Gasteiger partial charge in [-0.05, 0) is 29.8 Å². The minimum Gasteiger partial charge on any atom is -0.435 e. The molecule has 4 nitrogen and oxygen atoms in total. The predicted octanol–water partition coefficient (Wildman–Crippen LogP) is 3.48. The topological polar surface area (TPSA) is 55.4 Å². The standard InChI is InChI=1S/C12H10ClF2NO3S2/c13-10-5-6-11(20-10)21(17,18)16-7-8-1-3-9(4-2-8)19-12(14)15/h1-6,12,16H,7H2. The molecule has 9 heteroatoms. The minimum absolute atomic E-state index is 0.0154. The summed E-state index contributed by atoms with van der Waals surface area (Å²) in [7, 11) is -3.63. The van der Waals surface area contributed by atoms with Crippen molar-refractivity contribution in [3.05, 3.63) is 46.3 Å². The van der Waals surface area contributed by atoms with Crippen LogP contribution in [0.4, 0.5) is 8.78 Å². The summed E-state index contributed by atoms with van der Waals surface area (Å²) in [6.07, 6.45) is 0. The van der Waals surface area contributed by atoms with Crippen LogP contribution in [0.25, 0.3) is 0 Å². The molecule has 0 spiro atoms. The van der Waals surface area contributed by atoms with Crippen molar-refractivity contribution in [3.63, 3.8) is 0 Å². The lowest BCUT2D eigenvalue weighted by Gasteiger charge is -2.07. The normalized spacial score (nSPS) is 11.8. The lowest BCUT2D eigenvalue weighted by Crippen LogP contribution is -2.22. The molecule has 0 saturated carbocycles. The molecule has 114 valence electrons. The van der Waals surface area contributed by atoms with Crippen molar-refractivity contribution >= 4 is 33.0 Å². The lowest BCUT2D eigenvalue weighted by atomic mass is 10.2. The summed E-state index contributed by atoms with van der Waals surface area (Å²) in [5.74, 6) is 0.0154. The van der Waals surface area contributed by atoms with Crippen molar-refractivity contribution < 1.29 is 21.9 Å². The first-order valence-electron chi connectivity index (χ1n) is 5.65. The number of hydrogen-bond donors (Lipinski definition) is 1. The summed E-state index contributed by atoms with van der Waals surface area (Å²) in [4.78, 5) is 0. The molecule has 0 amide bonds. The average Bonchev–Trinajstić information content (AvgIpc) is 2.85. The maximum atomic E-state index is 12.0. The van der Waals surface area contributed by atoms with E-state index in [2.05, 4.69) is 9.46 Å². The van der Waals surface area contributed by atoms with Gasteiger partial charge in [0.1, 0.15) is 9.96 Å². The molecule has 0 aliphatic carbocycles. The third-order valence-electron chi connectivity index (χ3n) is 2.43. The van der Waals surface area contributed by atoms with Crippen molar-refractivity contribution in [2.75, 3.05) is 0 Å². The molecule has 0 radical (unpaired) electrons. The van der Waals surface area contributed by atoms with Crippen LogP contribution in [-0.4, -0.2) is 15.0 Å². The molecular formula is C12H10ClF2NO3S2. The van der Waals surface area contributed by atoms with Crippen LogP contribution >= 0.6 is 22.9 Å². The summed E-state index contributed by atoms with van der Waals surface area (Å²) in [6.45, 7) is -2.86. The zero-order chi connectivity index (χ0) is 15.5. The van der Waals surface area contributed by atoms with Crippen LogP contribution in [0.3, 0.4) is 0 Å². The molecule has 2 rings (SSSR count). The Morgan fingerprint density at radius 2 is 1.86 bits per heavy atom. The molecule has 0 unspecified atom stereocenters. The maximum absolute atomic E-state index is 12.0. The molecule has 1 N–H and O–H groups in total. The Balaban J connectivity index is 1.99. The number of alkyl halides is 2. The Hall–Kier alpha value is -1.22. The van der Waals surface area contributed by atoms with E-state index < -0.39 is 16.6 Å². The van der Waals surface area contributed by atoms with Gasteiger partial charge in [-0.25, -0.2) is 13.1 Å². The molecule has 1 heterocycles. The molecule has 0 atom stereocenters. The maximum Gasteiger partial charge on any atom is 0.387 e. The van der Waals surface area contributed by atoms with Crippen LogP contribution < -0.4 is 9.46 Å². The number of ether oxygens (including phenoxy) is 1. The summed E-state index contributed by atoms with van der Waals surface area (Å²) in [5, 5.41) is 0. The highest BCUT2D eigenvalue weighted by molar-refractivity contribution is 7.91. The van der Waals surface area contributed by atoms with E-state index in [0.29, 0.717) is 9.90 Å². The van der Waals surface area contributed by atoms with Gasteiger partial charge in [0.15, 0.2) is 0 Å². The average molecular weight is 354 g/mol. The smallest absolute Gasteiger partial charge is 0.387 e. The fourth-order valence-corrected chi connectivity index (χ4v) is 4.03. The van der Waals surface area contributed by atoms with Gasteiger partial charge < -0.3 is 4.74 Å². The van der Waals surface area contributed by atoms with Crippen LogP contribution in [0.1, 0.15) is 5.56 Å². The number of nitrogens with one attached hydrogen (secondary N) is 1. The molecule has 1 aromatic heterocycles. The first-order chi connectivity index (χ1) is 9.87. The molecule has 21 heavy (non-hydrogen) atoms. The van der Waals surface area contributed by atoms with E-state index in [0.717, 1.165) is 11.3 Å². The van der Waals surface area contributed by atoms with Crippen molar-refractivity contribution in [1.82, 2.24) is 4.72 Å². The molecular weight excluding hydrogens is 344 g/mol. The highest BCUT2D eigenvalue weighted by Gasteiger charge is 2.16. The first kappa shape index (κ1) is 16.2. The van der Waals surface area contributed by atoms with Gasteiger partial charge >= 0.3 is 6.61 Å². The van der Waals surface area contributed by atoms with Crippen LogP contribution in [0, 0.1) is 0 Å². The summed E-state index contributed by atoms with van der Waals surface area (Å²) in [6, 6.07) is 8.60. The van der Waals surface area contributed by atoms with Crippen LogP contribution in [-0.2, 0) is 16.6 Å². The van der Waals surface area contributed by atoms with Crippen LogP contribution in [0.5, 0.6) is 5.75 Å². The monoisotopic (exact) mass is 353 g/mol. The molecule has 0 fully saturated rings. The number of halogens is 3. The van der Waals surface area contributed by atoms with Gasteiger partial charge in [-0.1, -0.05) is 23.7 Å². The van der Waals surface area contributed by atoms with E-state index in [4.69, 9.17) is 11.6 Å². The van der Waals surface area contributed by atoms with E-state index in [-0.39, 0.29) is 16.5 Å². The van der Waals surface area contributed by atoms with E-state index in [1.807, 2.05) is 0 Å². The van der Waals surface area contributed by atoms with Gasteiger partial charge in [0.05, 0.1) is 4.34 Å². The van der Waals surface area contributed by atoms with Gasteiger partial charge in [0.2, 0.25) is 10.0 Å². The third kappa shape index (κ3) is 4.63. The molecule has 2 aromatic rings. The number of rotatable bonds is 6. The number of benzene rings is 1. The predicted molar refractivity (Wildman–Crippen MR) is 76.4 cm³/mol. The SMILES string of the molecule is O=S(=O)(NCc1ccc(OC(F)F)cc1)c1ccc(Cl)s1. The number of hydrogen-bond acceptors (Lipinski definition) is 4. The summed E-state index contributed by atoms with van der Waals surface area (Å²) in [5.41, 5.74) is 0.614. The highest BCUT2D eigenvalue weighted by Crippen LogP contribution is 2.25. The second-order valence-electron chi connectivity index (χ2n) is 3.91. The van der Waals surface area contributed by atoms with E-state index in [1.54, 1.807) is 0 Å². The number of sulfonamides is 1. The lowest BCUT2D eigenvalue weighted by molar-refractivity contribution is -0.0498. The van der Waals surface area contributed by atoms with Gasteiger partial charge in [0.25, 0.3) is 0 Å². The van der Waals surface area contributed by atoms with Gasteiger partial charge in [-0.15, -0.1) is 11.3 Å². The fourth-order valence-electron chi connectivity index (χ4n) is 1.48. The molecule has 0 aliphatic rings. The number of thiophene rings is 1. The Bertz CT molecular complexity index is 702. The Morgan fingerprint density at radius 1 is 1.19 bits per heavy atom. The van der Waals surface area contributed by atoms with Gasteiger partial charge in [-0.2, -0.15) is 8.78 Å². The summed E-state index contributed by atoms with van der Waals surface area (Å²) >= 11 is 6.64. The first-order valence-corrected chi connectivity index (χ1v) is 8.33. The largest absolute Gasteiger partial charge is 0.435 e. The quantitative estimate of drug-likeness (QED) is 0.865. The molecule has 0 bridgehead atoms. The molecule has 0 aliphatic heterocycles. The second-order valence-corrected chi connectivity index (χ2v) is 7.61. The molecule has 1 aromatic carbocycles. The van der Waals surface area contributed by atoms with E-state index >= 15 is 0 Å². The zero-order valence-corrected chi connectivity index (χ0v) is 12.8. The Morgan fingerprint density at radius 3 is 2.38 bits per heavy atom. The van der Waals surface area contributed by atoms with Crippen LogP contribution in [0.15, 0.2) is 40.6 Å². The summed E-state index contributed by atoms with van der Waals surface area (Å²) < 4.78 is 55.0. The van der Waals surface area contributed by atoms with Crippen molar-refractivity contribution in [1.29, 1.82) is 0 Å². The third-order valence-corrected chi connectivity index (χ3v) is 5.55. The zero-order valence-electron chi connectivity index (χ0n) is 10.4. The van der Waals surface area contributed by atoms with Crippen molar-refractivity contribution in [2.45, 2.75) is 17.4 Å². The van der Waals surface area contributed by atoms with E-state index in [9.17, 15) is 17.2 Å². The molecule has 0 saturated heterocycles. The van der Waals surface area contributed by atoms with Crippen LogP contribution in [0.2, 0.25) is 4.34 Å². The van der Waals surface area contributed by atoms with Crippen molar-refractivity contribution in [2.24, 2.45) is 0 Å². The second kappa shape index (κ2) is 6.69. The Kier molecular flexibility index (Phi) is 5.15. The minimum atomic E-state index is -3.63. The van der Waals surface area contributed by atoms with Gasteiger partial charge in [0, 0.05) is 6.54 Å².